The molecule has 342 valence electrons. The zero-order valence-corrected chi connectivity index (χ0v) is 37.3. The molecule has 4 rings (SSSR count). The highest BCUT2D eigenvalue weighted by Crippen LogP contribution is 2.37. The van der Waals surface area contributed by atoms with E-state index in [0.717, 1.165) is 37.7 Å². The number of anilines is 1. The molecular formula is C44H55ClN10O8S. The van der Waals surface area contributed by atoms with E-state index in [0.29, 0.717) is 70.2 Å². The molecule has 0 aliphatic rings. The smallest absolute Gasteiger partial charge is 0.307 e. The van der Waals surface area contributed by atoms with E-state index in [1.165, 1.54) is 11.8 Å². The number of carbonyl (C=O) groups is 4. The van der Waals surface area contributed by atoms with Crippen molar-refractivity contribution in [2.45, 2.75) is 74.6 Å². The van der Waals surface area contributed by atoms with E-state index in [2.05, 4.69) is 32.7 Å². The third-order valence-electron chi connectivity index (χ3n) is 9.10. The Hall–Kier alpha value is -6.22. The minimum atomic E-state index is -0.622. The van der Waals surface area contributed by atoms with Crippen LogP contribution in [-0.2, 0) is 34.4 Å². The summed E-state index contributed by atoms with van der Waals surface area (Å²) >= 11 is 7.23. The average Bonchev–Trinajstić information content (AvgIpc) is 3.78. The van der Waals surface area contributed by atoms with Crippen molar-refractivity contribution in [3.8, 4) is 40.5 Å². The fourth-order valence-electron chi connectivity index (χ4n) is 5.70. The third kappa shape index (κ3) is 18.2. The van der Waals surface area contributed by atoms with Crippen molar-refractivity contribution in [1.29, 1.82) is 10.5 Å². The van der Waals surface area contributed by atoms with Gasteiger partial charge in [-0.15, -0.1) is 0 Å². The molecule has 1 unspecified atom stereocenters. The van der Waals surface area contributed by atoms with Gasteiger partial charge in [0.15, 0.2) is 0 Å². The van der Waals surface area contributed by atoms with Crippen LogP contribution in [0, 0.1) is 22.7 Å². The average molecular weight is 920 g/mol. The monoisotopic (exact) mass is 918 g/mol. The van der Waals surface area contributed by atoms with E-state index in [4.69, 9.17) is 53.2 Å². The molecule has 0 saturated carbocycles. The number of benzene rings is 2. The van der Waals surface area contributed by atoms with Crippen LogP contribution in [0.2, 0.25) is 5.02 Å². The minimum Gasteiger partial charge on any atom is -0.497 e. The molecule has 1 atom stereocenters. The number of ether oxygens (including phenoxy) is 3. The Balaban J connectivity index is 0.000000342. The number of esters is 2. The first-order valence-electron chi connectivity index (χ1n) is 20.6. The first-order chi connectivity index (χ1) is 30.9. The van der Waals surface area contributed by atoms with Crippen LogP contribution in [0.5, 0.6) is 5.75 Å². The second kappa shape index (κ2) is 29.2. The molecule has 4 aromatic rings. The number of nitrogens with two attached hydrogens (primary N) is 4. The molecule has 0 saturated heterocycles. The maximum Gasteiger partial charge on any atom is 0.307 e. The van der Waals surface area contributed by atoms with E-state index in [-0.39, 0.29) is 67.9 Å². The largest absolute Gasteiger partial charge is 0.497 e. The summed E-state index contributed by atoms with van der Waals surface area (Å²) in [4.78, 5) is 55.3. The number of nitrogen functional groups attached to an aromatic ring is 1. The maximum atomic E-state index is 11.8. The Kier molecular flexibility index (Phi) is 23.8. The lowest BCUT2D eigenvalue weighted by molar-refractivity contribution is -0.152. The Morgan fingerprint density at radius 2 is 1.42 bits per heavy atom. The number of pyridine rings is 1. The SMILES string of the molecule is COc1ccc(-c2c(C#N)c(N)nc(SCc3coc(-c4ccc(Cl)cc4)n3)c2C#N)cc1.NCCCCCC(=O)NCCC(=O)OCCOC(=O)CCNC(=O)C(N)CCCCN. The van der Waals surface area contributed by atoms with Crippen molar-refractivity contribution in [2.24, 2.45) is 17.2 Å². The second-order valence-electron chi connectivity index (χ2n) is 13.9. The number of unbranched alkanes of at least 4 members (excludes halogenated alkanes) is 3. The molecule has 0 spiro atoms. The molecule has 0 bridgehead atoms. The van der Waals surface area contributed by atoms with Gasteiger partial charge in [-0.25, -0.2) is 9.97 Å². The number of nitriles is 2. The summed E-state index contributed by atoms with van der Waals surface area (Å²) in [6, 6.07) is 17.9. The van der Waals surface area contributed by atoms with Gasteiger partial charge >= 0.3 is 11.9 Å². The predicted octanol–water partition coefficient (Wildman–Crippen LogP) is 4.74. The van der Waals surface area contributed by atoms with Crippen molar-refractivity contribution in [3.05, 3.63) is 76.6 Å². The Morgan fingerprint density at radius 3 is 2.03 bits per heavy atom. The molecule has 2 aromatic carbocycles. The van der Waals surface area contributed by atoms with Gasteiger partial charge in [-0.3, -0.25) is 19.2 Å². The Bertz CT molecular complexity index is 2190. The van der Waals surface area contributed by atoms with E-state index >= 15 is 0 Å². The first kappa shape index (κ1) is 52.1. The third-order valence-corrected chi connectivity index (χ3v) is 10.4. The molecule has 0 fully saturated rings. The number of nitrogens with one attached hydrogen (secondary N) is 2. The number of rotatable bonds is 25. The molecule has 10 N–H and O–H groups in total. The summed E-state index contributed by atoms with van der Waals surface area (Å²) < 4.78 is 20.6. The summed E-state index contributed by atoms with van der Waals surface area (Å²) in [5, 5.41) is 25.9. The van der Waals surface area contributed by atoms with Gasteiger partial charge in [0.05, 0.1) is 37.3 Å². The lowest BCUT2D eigenvalue weighted by Gasteiger charge is -2.13. The standard InChI is InChI=1S/C24H16ClN5O2S.C20H39N5O6/c1-31-18-8-4-14(5-9-18)21-19(10-26)22(28)30-24(20(21)11-27)33-13-17-12-32-23(29-17)15-2-6-16(25)7-3-15;21-10-4-1-2-7-17(26)24-12-8-18(27)30-14-15-31-19(28)9-13-25-20(29)16(23)6-3-5-11-22/h2-9,12H,13H2,1H3,(H2,28,30);16H,1-15,21-23H2,(H,24,26)(H,25,29). The number of oxazole rings is 1. The number of halogens is 1. The zero-order valence-electron chi connectivity index (χ0n) is 35.7. The Labute approximate surface area is 381 Å². The highest BCUT2D eigenvalue weighted by atomic mass is 35.5. The number of amides is 2. The molecule has 2 aromatic heterocycles. The van der Waals surface area contributed by atoms with Gasteiger partial charge < -0.3 is 52.2 Å². The van der Waals surface area contributed by atoms with Gasteiger partial charge in [0.2, 0.25) is 17.7 Å². The number of nitrogens with zero attached hydrogens (tertiary/aromatic N) is 4. The number of aromatic nitrogens is 2. The summed E-state index contributed by atoms with van der Waals surface area (Å²) in [5.41, 5.74) is 25.6. The van der Waals surface area contributed by atoms with Crippen molar-refractivity contribution < 1.29 is 37.8 Å². The maximum absolute atomic E-state index is 11.8. The van der Waals surface area contributed by atoms with Crippen LogP contribution in [0.15, 0.2) is 64.2 Å². The molecule has 0 aliphatic carbocycles. The first-order valence-corrected chi connectivity index (χ1v) is 21.9. The van der Waals surface area contributed by atoms with E-state index in [1.54, 1.807) is 49.8 Å². The fourth-order valence-corrected chi connectivity index (χ4v) is 6.70. The highest BCUT2D eigenvalue weighted by Gasteiger charge is 2.21. The molecule has 0 aliphatic heterocycles. The van der Waals surface area contributed by atoms with Crippen molar-refractivity contribution in [1.82, 2.24) is 20.6 Å². The quantitative estimate of drug-likeness (QED) is 0.0297. The van der Waals surface area contributed by atoms with Crippen LogP contribution in [0.1, 0.15) is 74.6 Å². The number of methoxy groups -OCH3 is 1. The summed E-state index contributed by atoms with van der Waals surface area (Å²) in [6.07, 6.45) is 6.68. The van der Waals surface area contributed by atoms with Crippen LogP contribution < -0.4 is 38.3 Å². The molecular weight excluding hydrogens is 864 g/mol. The van der Waals surface area contributed by atoms with Gasteiger partial charge in [0.25, 0.3) is 0 Å². The van der Waals surface area contributed by atoms with Crippen LogP contribution >= 0.6 is 23.4 Å². The second-order valence-corrected chi connectivity index (χ2v) is 15.3. The minimum absolute atomic E-state index is 0.00742. The molecule has 2 heterocycles. The summed E-state index contributed by atoms with van der Waals surface area (Å²) in [5.74, 6) is 0.149. The predicted molar refractivity (Wildman–Crippen MR) is 242 cm³/mol. The van der Waals surface area contributed by atoms with Crippen molar-refractivity contribution in [2.75, 3.05) is 52.2 Å². The number of thioether (sulfide) groups is 1. The molecule has 18 nitrogen and oxygen atoms in total. The highest BCUT2D eigenvalue weighted by molar-refractivity contribution is 7.98. The lowest BCUT2D eigenvalue weighted by atomic mass is 9.97. The van der Waals surface area contributed by atoms with Gasteiger partial charge in [-0.05, 0) is 80.7 Å². The van der Waals surface area contributed by atoms with Crippen LogP contribution in [0.25, 0.3) is 22.6 Å². The zero-order chi connectivity index (χ0) is 46.7. The normalized spacial score (nSPS) is 10.9. The topological polar surface area (TPSA) is 311 Å². The lowest BCUT2D eigenvalue weighted by Crippen LogP contribution is -2.41. The van der Waals surface area contributed by atoms with E-state index in [1.807, 2.05) is 12.1 Å². The summed E-state index contributed by atoms with van der Waals surface area (Å²) in [6.45, 7) is 1.34. The number of carbonyl (C=O) groups excluding carboxylic acids is 4. The summed E-state index contributed by atoms with van der Waals surface area (Å²) in [7, 11) is 1.57. The molecule has 20 heteroatoms. The molecule has 2 amide bonds. The molecule has 64 heavy (non-hydrogen) atoms. The number of hydrogen-bond donors (Lipinski definition) is 6. The van der Waals surface area contributed by atoms with Gasteiger partial charge in [0.1, 0.15) is 53.8 Å². The van der Waals surface area contributed by atoms with Crippen molar-refractivity contribution >= 4 is 52.9 Å². The van der Waals surface area contributed by atoms with Crippen LogP contribution in [0.4, 0.5) is 5.82 Å². The van der Waals surface area contributed by atoms with Gasteiger partial charge in [-0.1, -0.05) is 48.3 Å². The van der Waals surface area contributed by atoms with E-state index in [9.17, 15) is 29.7 Å². The molecule has 0 radical (unpaired) electrons. The number of hydrogen-bond acceptors (Lipinski definition) is 17. The Morgan fingerprint density at radius 1 is 0.812 bits per heavy atom. The van der Waals surface area contributed by atoms with Crippen LogP contribution in [0.3, 0.4) is 0 Å². The van der Waals surface area contributed by atoms with Gasteiger partial charge in [0, 0.05) is 41.4 Å². The van der Waals surface area contributed by atoms with E-state index < -0.39 is 18.0 Å². The fraction of sp³-hybridized carbons (Fsp3) is 0.409. The van der Waals surface area contributed by atoms with Crippen molar-refractivity contribution in [3.63, 3.8) is 0 Å². The van der Waals surface area contributed by atoms with Gasteiger partial charge in [-0.2, -0.15) is 10.5 Å². The van der Waals surface area contributed by atoms with Crippen LogP contribution in [-0.4, -0.2) is 86.3 Å².